The summed E-state index contributed by atoms with van der Waals surface area (Å²) in [4.78, 5) is 10.9. The summed E-state index contributed by atoms with van der Waals surface area (Å²) in [7, 11) is 1.30. The van der Waals surface area contributed by atoms with E-state index >= 15 is 0 Å². The first-order valence-corrected chi connectivity index (χ1v) is 4.93. The Morgan fingerprint density at radius 2 is 2.07 bits per heavy atom. The van der Waals surface area contributed by atoms with Crippen molar-refractivity contribution in [2.45, 2.75) is 12.5 Å². The fourth-order valence-electron chi connectivity index (χ4n) is 1.04. The molecule has 0 aliphatic rings. The molecule has 14 heavy (non-hydrogen) atoms. The van der Waals surface area contributed by atoms with Crippen LogP contribution < -0.4 is 0 Å². The van der Waals surface area contributed by atoms with Gasteiger partial charge in [-0.25, -0.2) is 0 Å². The first-order valence-electron chi connectivity index (χ1n) is 4.14. The first kappa shape index (κ1) is 11.2. The number of esters is 1. The Morgan fingerprint density at radius 1 is 1.50 bits per heavy atom. The van der Waals surface area contributed by atoms with Crippen molar-refractivity contribution in [1.29, 1.82) is 0 Å². The second-order valence-electron chi connectivity index (χ2n) is 2.85. The molecule has 0 radical (unpaired) electrons. The highest BCUT2D eigenvalue weighted by Gasteiger charge is 2.12. The molecule has 76 valence electrons. The van der Waals surface area contributed by atoms with Crippen molar-refractivity contribution >= 4 is 21.9 Å². The summed E-state index contributed by atoms with van der Waals surface area (Å²) in [6.07, 6.45) is -0.812. The molecule has 1 N–H and O–H groups in total. The van der Waals surface area contributed by atoms with Crippen molar-refractivity contribution in [3.63, 3.8) is 0 Å². The Balaban J connectivity index is 2.65. The van der Waals surface area contributed by atoms with Crippen LogP contribution in [0.3, 0.4) is 0 Å². The zero-order chi connectivity index (χ0) is 10.6. The van der Waals surface area contributed by atoms with Crippen molar-refractivity contribution in [2.24, 2.45) is 0 Å². The maximum absolute atomic E-state index is 10.9. The van der Waals surface area contributed by atoms with E-state index in [9.17, 15) is 9.90 Å². The van der Waals surface area contributed by atoms with Crippen LogP contribution >= 0.6 is 15.9 Å². The number of aliphatic hydroxyl groups excluding tert-OH is 1. The molecule has 0 aliphatic heterocycles. The summed E-state index contributed by atoms with van der Waals surface area (Å²) < 4.78 is 5.39. The van der Waals surface area contributed by atoms with Crippen LogP contribution in [-0.2, 0) is 9.53 Å². The van der Waals surface area contributed by atoms with E-state index in [0.29, 0.717) is 5.56 Å². The van der Waals surface area contributed by atoms with Crippen molar-refractivity contribution in [3.05, 3.63) is 34.3 Å². The molecule has 0 aromatic heterocycles. The predicted molar refractivity (Wildman–Crippen MR) is 55.7 cm³/mol. The third-order valence-corrected chi connectivity index (χ3v) is 2.37. The molecule has 0 aliphatic carbocycles. The summed E-state index contributed by atoms with van der Waals surface area (Å²) in [5.41, 5.74) is 0.707. The van der Waals surface area contributed by atoms with E-state index in [1.165, 1.54) is 7.11 Å². The number of methoxy groups -OCH3 is 1. The van der Waals surface area contributed by atoms with Gasteiger partial charge in [-0.05, 0) is 17.7 Å². The van der Waals surface area contributed by atoms with Gasteiger partial charge in [0.1, 0.15) is 0 Å². The van der Waals surface area contributed by atoms with E-state index < -0.39 is 12.1 Å². The van der Waals surface area contributed by atoms with Crippen LogP contribution in [0, 0.1) is 0 Å². The average molecular weight is 259 g/mol. The normalized spacial score (nSPS) is 12.2. The first-order chi connectivity index (χ1) is 6.63. The van der Waals surface area contributed by atoms with Gasteiger partial charge in [-0.3, -0.25) is 4.79 Å². The zero-order valence-electron chi connectivity index (χ0n) is 7.74. The lowest BCUT2D eigenvalue weighted by Crippen LogP contribution is -2.07. The lowest BCUT2D eigenvalue weighted by atomic mass is 10.1. The number of halogens is 1. The summed E-state index contributed by atoms with van der Waals surface area (Å²) >= 11 is 3.29. The smallest absolute Gasteiger partial charge is 0.308 e. The van der Waals surface area contributed by atoms with Crippen LogP contribution in [0.15, 0.2) is 28.7 Å². The highest BCUT2D eigenvalue weighted by Crippen LogP contribution is 2.19. The molecule has 0 amide bonds. The standard InChI is InChI=1S/C10H11BrO3/c1-14-10(13)6-9(12)7-2-4-8(11)5-3-7/h2-5,9,12H,6H2,1H3/t9-/m1/s1. The quantitative estimate of drug-likeness (QED) is 0.845. The lowest BCUT2D eigenvalue weighted by molar-refractivity contribution is -0.142. The minimum atomic E-state index is -0.796. The Bertz CT molecular complexity index is 308. The molecule has 3 nitrogen and oxygen atoms in total. The SMILES string of the molecule is COC(=O)C[C@@H](O)c1ccc(Br)cc1. The molecule has 1 atom stereocenters. The molecular formula is C10H11BrO3. The van der Waals surface area contributed by atoms with Crippen molar-refractivity contribution in [2.75, 3.05) is 7.11 Å². The van der Waals surface area contributed by atoms with E-state index in [0.717, 1.165) is 4.47 Å². The van der Waals surface area contributed by atoms with E-state index in [4.69, 9.17) is 0 Å². The Labute approximate surface area is 90.8 Å². The molecule has 0 heterocycles. The molecule has 1 aromatic carbocycles. The van der Waals surface area contributed by atoms with Crippen LogP contribution in [0.2, 0.25) is 0 Å². The van der Waals surface area contributed by atoms with Crippen LogP contribution in [0.25, 0.3) is 0 Å². The van der Waals surface area contributed by atoms with Gasteiger partial charge in [-0.2, -0.15) is 0 Å². The molecule has 0 bridgehead atoms. The number of carbonyl (C=O) groups excluding carboxylic acids is 1. The van der Waals surface area contributed by atoms with Gasteiger partial charge >= 0.3 is 5.97 Å². The van der Waals surface area contributed by atoms with Gasteiger partial charge in [0.2, 0.25) is 0 Å². The fraction of sp³-hybridized carbons (Fsp3) is 0.300. The van der Waals surface area contributed by atoms with Gasteiger partial charge in [0, 0.05) is 4.47 Å². The second kappa shape index (κ2) is 5.12. The molecular weight excluding hydrogens is 248 g/mol. The minimum Gasteiger partial charge on any atom is -0.469 e. The second-order valence-corrected chi connectivity index (χ2v) is 3.76. The molecule has 0 unspecified atom stereocenters. The maximum atomic E-state index is 10.9. The van der Waals surface area contributed by atoms with Crippen LogP contribution in [-0.4, -0.2) is 18.2 Å². The van der Waals surface area contributed by atoms with Gasteiger partial charge in [0.15, 0.2) is 0 Å². The number of carbonyl (C=O) groups is 1. The van der Waals surface area contributed by atoms with Gasteiger partial charge in [0.25, 0.3) is 0 Å². The highest BCUT2D eigenvalue weighted by atomic mass is 79.9. The largest absolute Gasteiger partial charge is 0.469 e. The van der Waals surface area contributed by atoms with E-state index in [2.05, 4.69) is 20.7 Å². The molecule has 1 aromatic rings. The predicted octanol–water partition coefficient (Wildman–Crippen LogP) is 2.05. The number of aliphatic hydroxyl groups is 1. The van der Waals surface area contributed by atoms with Gasteiger partial charge in [0.05, 0.1) is 19.6 Å². The summed E-state index contributed by atoms with van der Waals surface area (Å²) in [6, 6.07) is 7.15. The number of hydrogen-bond donors (Lipinski definition) is 1. The Kier molecular flexibility index (Phi) is 4.10. The number of rotatable bonds is 3. The third kappa shape index (κ3) is 3.12. The third-order valence-electron chi connectivity index (χ3n) is 1.84. The van der Waals surface area contributed by atoms with E-state index in [1.54, 1.807) is 12.1 Å². The Hall–Kier alpha value is -0.870. The van der Waals surface area contributed by atoms with Crippen LogP contribution in [0.1, 0.15) is 18.1 Å². The molecule has 4 heteroatoms. The average Bonchev–Trinajstić information content (AvgIpc) is 2.18. The van der Waals surface area contributed by atoms with Gasteiger partial charge in [-0.1, -0.05) is 28.1 Å². The number of benzene rings is 1. The minimum absolute atomic E-state index is 0.0157. The summed E-state index contributed by atoms with van der Waals surface area (Å²) in [6.45, 7) is 0. The van der Waals surface area contributed by atoms with E-state index in [1.807, 2.05) is 12.1 Å². The molecule has 0 fully saturated rings. The lowest BCUT2D eigenvalue weighted by Gasteiger charge is -2.09. The van der Waals surface area contributed by atoms with Crippen molar-refractivity contribution in [3.8, 4) is 0 Å². The highest BCUT2D eigenvalue weighted by molar-refractivity contribution is 9.10. The van der Waals surface area contributed by atoms with Crippen LogP contribution in [0.5, 0.6) is 0 Å². The maximum Gasteiger partial charge on any atom is 0.308 e. The molecule has 0 spiro atoms. The van der Waals surface area contributed by atoms with Gasteiger partial charge in [-0.15, -0.1) is 0 Å². The zero-order valence-corrected chi connectivity index (χ0v) is 9.32. The monoisotopic (exact) mass is 258 g/mol. The summed E-state index contributed by atoms with van der Waals surface area (Å²) in [5, 5.41) is 9.60. The molecule has 0 saturated carbocycles. The molecule has 0 saturated heterocycles. The van der Waals surface area contributed by atoms with E-state index in [-0.39, 0.29) is 6.42 Å². The van der Waals surface area contributed by atoms with Crippen molar-refractivity contribution < 1.29 is 14.6 Å². The van der Waals surface area contributed by atoms with Gasteiger partial charge < -0.3 is 9.84 Å². The fourth-order valence-corrected chi connectivity index (χ4v) is 1.31. The number of ether oxygens (including phenoxy) is 1. The Morgan fingerprint density at radius 3 is 2.57 bits per heavy atom. The topological polar surface area (TPSA) is 46.5 Å². The molecule has 1 rings (SSSR count). The van der Waals surface area contributed by atoms with Crippen molar-refractivity contribution in [1.82, 2.24) is 0 Å². The number of hydrogen-bond acceptors (Lipinski definition) is 3. The van der Waals surface area contributed by atoms with Crippen LogP contribution in [0.4, 0.5) is 0 Å². The summed E-state index contributed by atoms with van der Waals surface area (Å²) in [5.74, 6) is -0.416.